The molecule has 0 spiro atoms. The van der Waals surface area contributed by atoms with Crippen molar-refractivity contribution < 1.29 is 4.42 Å². The summed E-state index contributed by atoms with van der Waals surface area (Å²) in [5, 5.41) is 11.8. The highest BCUT2D eigenvalue weighted by Crippen LogP contribution is 2.57. The van der Waals surface area contributed by atoms with Crippen LogP contribution in [0.25, 0.3) is 94.9 Å². The van der Waals surface area contributed by atoms with Crippen molar-refractivity contribution in [3.05, 3.63) is 148 Å². The average Bonchev–Trinajstić information content (AvgIpc) is 3.66. The van der Waals surface area contributed by atoms with E-state index in [4.69, 9.17) is 4.42 Å². The van der Waals surface area contributed by atoms with E-state index in [-0.39, 0.29) is 5.41 Å². The predicted molar refractivity (Wildman–Crippen MR) is 212 cm³/mol. The molecule has 0 amide bonds. The van der Waals surface area contributed by atoms with E-state index >= 15 is 0 Å². The second kappa shape index (κ2) is 10.2. The van der Waals surface area contributed by atoms with Gasteiger partial charge < -0.3 is 4.42 Å². The van der Waals surface area contributed by atoms with Crippen LogP contribution in [-0.4, -0.2) is 0 Å². The summed E-state index contributed by atoms with van der Waals surface area (Å²) in [4.78, 5) is 0. The van der Waals surface area contributed by atoms with Gasteiger partial charge in [0.25, 0.3) is 0 Å². The van der Waals surface area contributed by atoms with Gasteiger partial charge in [0.1, 0.15) is 11.3 Å². The molecule has 0 bridgehead atoms. The van der Waals surface area contributed by atoms with E-state index in [1.807, 2.05) is 0 Å². The molecule has 0 saturated carbocycles. The van der Waals surface area contributed by atoms with Crippen LogP contribution >= 0.6 is 0 Å². The monoisotopic (exact) mass is 640 g/mol. The highest BCUT2D eigenvalue weighted by Gasteiger charge is 2.40. The predicted octanol–water partition coefficient (Wildman–Crippen LogP) is 11.8. The Labute approximate surface area is 291 Å². The van der Waals surface area contributed by atoms with E-state index in [2.05, 4.69) is 147 Å². The van der Waals surface area contributed by atoms with Gasteiger partial charge >= 0.3 is 0 Å². The smallest absolute Gasteiger partial charge is 0.143 e. The van der Waals surface area contributed by atoms with Crippen molar-refractivity contribution in [1.82, 2.24) is 0 Å². The van der Waals surface area contributed by atoms with Crippen molar-refractivity contribution in [2.75, 3.05) is 0 Å². The normalized spacial score (nSPS) is 15.5. The second-order valence-electron chi connectivity index (χ2n) is 14.9. The number of rotatable bonds is 2. The van der Waals surface area contributed by atoms with E-state index in [9.17, 15) is 0 Å². The van der Waals surface area contributed by atoms with E-state index < -0.39 is 0 Å². The Balaban J connectivity index is 1.22. The third-order valence-corrected chi connectivity index (χ3v) is 11.9. The van der Waals surface area contributed by atoms with Gasteiger partial charge in [0.2, 0.25) is 0 Å². The number of hydrogen-bond donors (Lipinski definition) is 0. The maximum Gasteiger partial charge on any atom is 0.143 e. The number of hydrogen-bond acceptors (Lipinski definition) is 1. The van der Waals surface area contributed by atoms with Crippen LogP contribution in [0.15, 0.2) is 120 Å². The molecule has 238 valence electrons. The quantitative estimate of drug-likeness (QED) is 0.183. The molecular weight excluding hydrogens is 605 g/mol. The summed E-state index contributed by atoms with van der Waals surface area (Å²) in [6.45, 7) is 4.84. The molecule has 0 N–H and O–H groups in total. The molecule has 0 aliphatic heterocycles. The summed E-state index contributed by atoms with van der Waals surface area (Å²) >= 11 is 0. The Bertz CT molecular complexity index is 2950. The molecule has 8 aromatic rings. The molecule has 0 radical (unpaired) electrons. The molecule has 0 saturated heterocycles. The van der Waals surface area contributed by atoms with Gasteiger partial charge in [-0.3, -0.25) is 0 Å². The Kier molecular flexibility index (Phi) is 5.75. The van der Waals surface area contributed by atoms with Crippen molar-refractivity contribution >= 4 is 61.5 Å². The van der Waals surface area contributed by atoms with E-state index in [1.54, 1.807) is 0 Å². The molecule has 3 aliphatic rings. The summed E-state index contributed by atoms with van der Waals surface area (Å²) in [7, 11) is 0. The van der Waals surface area contributed by atoms with Crippen LogP contribution in [-0.2, 0) is 11.8 Å². The first-order valence-corrected chi connectivity index (χ1v) is 18.1. The van der Waals surface area contributed by atoms with Crippen LogP contribution in [0.5, 0.6) is 0 Å². The summed E-state index contributed by atoms with van der Waals surface area (Å²) in [6.07, 6.45) is 13.6. The van der Waals surface area contributed by atoms with E-state index in [1.165, 1.54) is 98.2 Å². The number of allylic oxidation sites excluding steroid dienone is 1. The molecule has 7 aromatic carbocycles. The average molecular weight is 641 g/mol. The van der Waals surface area contributed by atoms with Crippen molar-refractivity contribution in [3.8, 4) is 33.4 Å². The lowest BCUT2D eigenvalue weighted by Gasteiger charge is -2.23. The summed E-state index contributed by atoms with van der Waals surface area (Å²) in [6, 6.07) is 41.0. The van der Waals surface area contributed by atoms with Crippen molar-refractivity contribution in [2.45, 2.75) is 44.9 Å². The molecule has 1 nitrogen and oxygen atoms in total. The van der Waals surface area contributed by atoms with Crippen LogP contribution in [0.2, 0.25) is 0 Å². The zero-order chi connectivity index (χ0) is 33.1. The third kappa shape index (κ3) is 3.73. The van der Waals surface area contributed by atoms with Crippen molar-refractivity contribution in [2.24, 2.45) is 0 Å². The van der Waals surface area contributed by atoms with Gasteiger partial charge in [0.15, 0.2) is 0 Å². The lowest BCUT2D eigenvalue weighted by Crippen LogP contribution is -2.31. The molecule has 3 aliphatic carbocycles. The minimum Gasteiger partial charge on any atom is -0.456 e. The zero-order valence-electron chi connectivity index (χ0n) is 28.4. The molecule has 50 heavy (non-hydrogen) atoms. The topological polar surface area (TPSA) is 13.1 Å². The maximum atomic E-state index is 6.70. The fourth-order valence-corrected chi connectivity index (χ4v) is 9.71. The van der Waals surface area contributed by atoms with Crippen LogP contribution in [0.3, 0.4) is 0 Å². The van der Waals surface area contributed by atoms with Gasteiger partial charge in [-0.15, -0.1) is 0 Å². The van der Waals surface area contributed by atoms with Crippen molar-refractivity contribution in [1.29, 1.82) is 0 Å². The fourth-order valence-electron chi connectivity index (χ4n) is 9.71. The first-order valence-electron chi connectivity index (χ1n) is 18.1. The molecule has 1 heterocycles. The number of fused-ring (bicyclic) bond motifs is 13. The van der Waals surface area contributed by atoms with Crippen LogP contribution in [0.1, 0.15) is 55.6 Å². The largest absolute Gasteiger partial charge is 0.456 e. The number of furan rings is 1. The highest BCUT2D eigenvalue weighted by atomic mass is 16.3. The highest BCUT2D eigenvalue weighted by molar-refractivity contribution is 6.18. The first kappa shape index (κ1) is 28.2. The van der Waals surface area contributed by atoms with Gasteiger partial charge in [0.05, 0.1) is 0 Å². The Morgan fingerprint density at radius 1 is 0.580 bits per heavy atom. The zero-order valence-corrected chi connectivity index (χ0v) is 28.4. The standard InChI is InChI=1S/C49H36O/c1-49(2)41-26-25-32(28-40(41)45-37-19-9-10-20-38(37)48-46(47(45)49)39-21-11-12-22-42(39)50-48)44-35-17-7-5-15-33(35)43(34-16-6-8-18-36(34)44)31-24-23-29-13-3-4-14-30(29)27-31/h3-5,7,9-10,12-20,22-28H,6,8,11,21H2,1-2H3. The summed E-state index contributed by atoms with van der Waals surface area (Å²) < 4.78 is 6.70. The number of benzene rings is 7. The van der Waals surface area contributed by atoms with Crippen LogP contribution in [0, 0.1) is 0 Å². The lowest BCUT2D eigenvalue weighted by atomic mass is 9.78. The second-order valence-corrected chi connectivity index (χ2v) is 14.9. The minimum atomic E-state index is -0.161. The molecule has 11 rings (SSSR count). The van der Waals surface area contributed by atoms with Crippen LogP contribution < -0.4 is 10.4 Å². The van der Waals surface area contributed by atoms with Gasteiger partial charge in [-0.2, -0.15) is 0 Å². The third-order valence-electron chi connectivity index (χ3n) is 11.9. The van der Waals surface area contributed by atoms with Crippen molar-refractivity contribution in [3.63, 3.8) is 0 Å². The Morgan fingerprint density at radius 3 is 1.94 bits per heavy atom. The Morgan fingerprint density at radius 2 is 1.20 bits per heavy atom. The molecule has 0 atom stereocenters. The maximum absolute atomic E-state index is 6.70. The van der Waals surface area contributed by atoms with E-state index in [0.717, 1.165) is 37.0 Å². The molecular formula is C49H36O. The first-order chi connectivity index (χ1) is 24.6. The fraction of sp³-hybridized carbons (Fsp3) is 0.143. The van der Waals surface area contributed by atoms with Gasteiger partial charge in [-0.05, 0) is 126 Å². The summed E-state index contributed by atoms with van der Waals surface area (Å²) in [5.41, 5.74) is 13.1. The summed E-state index contributed by atoms with van der Waals surface area (Å²) in [5.74, 6) is 1.04. The van der Waals surface area contributed by atoms with Crippen LogP contribution in [0.4, 0.5) is 0 Å². The van der Waals surface area contributed by atoms with E-state index in [0.29, 0.717) is 0 Å². The SMILES string of the molecule is CC1(C)c2ccc(-c3c4c(c(-c5ccc6ccccc6c5)c5ccccc35)=CCCC=4)cc2-c2c1c1c3c(oc1c1ccccc21)C=CCC3. The molecule has 1 heteroatoms. The molecule has 0 unspecified atom stereocenters. The lowest BCUT2D eigenvalue weighted by molar-refractivity contribution is 0.598. The minimum absolute atomic E-state index is 0.161. The molecule has 0 fully saturated rings. The number of aryl methyl sites for hydroxylation is 1. The van der Waals surface area contributed by atoms with Gasteiger partial charge in [0, 0.05) is 21.8 Å². The molecule has 1 aromatic heterocycles. The Hall–Kier alpha value is -5.66. The van der Waals surface area contributed by atoms with Gasteiger partial charge in [-0.25, -0.2) is 0 Å². The van der Waals surface area contributed by atoms with Gasteiger partial charge in [-0.1, -0.05) is 129 Å².